The Morgan fingerprint density at radius 1 is 1.04 bits per heavy atom. The molecule has 0 atom stereocenters. The number of carbonyl (C=O) groups excluding carboxylic acids is 1. The zero-order valence-corrected chi connectivity index (χ0v) is 16.0. The number of rotatable bonds is 9. The van der Waals surface area contributed by atoms with Gasteiger partial charge in [0.05, 0.1) is 7.11 Å². The van der Waals surface area contributed by atoms with Crippen molar-refractivity contribution in [3.05, 3.63) is 71.8 Å². The van der Waals surface area contributed by atoms with Crippen LogP contribution in [-0.4, -0.2) is 36.2 Å². The summed E-state index contributed by atoms with van der Waals surface area (Å²) in [6.07, 6.45) is 2.02. The van der Waals surface area contributed by atoms with Crippen LogP contribution in [0.1, 0.15) is 24.0 Å². The second-order valence-corrected chi connectivity index (χ2v) is 6.44. The van der Waals surface area contributed by atoms with Gasteiger partial charge in [0.1, 0.15) is 0 Å². The Balaban J connectivity index is 1.90. The zero-order valence-electron chi connectivity index (χ0n) is 15.2. The molecule has 0 saturated heterocycles. The van der Waals surface area contributed by atoms with E-state index in [2.05, 4.69) is 51.4 Å². The molecule has 0 unspecified atom stereocenters. The first-order valence-corrected chi connectivity index (χ1v) is 9.27. The Bertz CT molecular complexity index is 677. The molecule has 0 aliphatic rings. The van der Waals surface area contributed by atoms with E-state index in [1.807, 2.05) is 24.3 Å². The third kappa shape index (κ3) is 7.23. The molecule has 138 valence electrons. The Morgan fingerprint density at radius 3 is 2.27 bits per heavy atom. The van der Waals surface area contributed by atoms with Crippen LogP contribution in [0.5, 0.6) is 0 Å². The molecule has 2 rings (SSSR count). The van der Waals surface area contributed by atoms with Gasteiger partial charge in [0.15, 0.2) is 5.11 Å². The van der Waals surface area contributed by atoms with Crippen molar-refractivity contribution in [2.75, 3.05) is 20.2 Å². The summed E-state index contributed by atoms with van der Waals surface area (Å²) in [5.41, 5.74) is 2.51. The van der Waals surface area contributed by atoms with Crippen LogP contribution in [0.2, 0.25) is 0 Å². The monoisotopic (exact) mass is 370 g/mol. The van der Waals surface area contributed by atoms with Gasteiger partial charge in [0, 0.05) is 26.1 Å². The number of ether oxygens (including phenoxy) is 1. The minimum Gasteiger partial charge on any atom is -0.469 e. The van der Waals surface area contributed by atoms with E-state index >= 15 is 0 Å². The quantitative estimate of drug-likeness (QED) is 0.415. The van der Waals surface area contributed by atoms with E-state index in [9.17, 15) is 4.79 Å². The Labute approximate surface area is 161 Å². The van der Waals surface area contributed by atoms with Crippen LogP contribution < -0.4 is 5.32 Å². The maximum Gasteiger partial charge on any atom is 0.305 e. The van der Waals surface area contributed by atoms with Gasteiger partial charge in [-0.05, 0) is 36.2 Å². The van der Waals surface area contributed by atoms with Gasteiger partial charge in [-0.3, -0.25) is 4.79 Å². The molecule has 0 amide bonds. The summed E-state index contributed by atoms with van der Waals surface area (Å²) >= 11 is 5.60. The molecule has 5 heteroatoms. The fraction of sp³-hybridized carbons (Fsp3) is 0.333. The largest absolute Gasteiger partial charge is 0.469 e. The van der Waals surface area contributed by atoms with Crippen LogP contribution in [0.3, 0.4) is 0 Å². The molecule has 4 nitrogen and oxygen atoms in total. The summed E-state index contributed by atoms with van der Waals surface area (Å²) < 4.78 is 4.66. The highest BCUT2D eigenvalue weighted by Gasteiger charge is 2.11. The van der Waals surface area contributed by atoms with Gasteiger partial charge in [-0.2, -0.15) is 0 Å². The molecular weight excluding hydrogens is 344 g/mol. The molecule has 0 radical (unpaired) electrons. The number of nitrogens with zero attached hydrogens (tertiary/aromatic N) is 1. The van der Waals surface area contributed by atoms with Crippen molar-refractivity contribution in [1.29, 1.82) is 0 Å². The molecule has 2 aromatic carbocycles. The molecule has 0 aliphatic carbocycles. The Hall–Kier alpha value is -2.40. The highest BCUT2D eigenvalue weighted by Crippen LogP contribution is 2.08. The van der Waals surface area contributed by atoms with Crippen LogP contribution in [0.15, 0.2) is 60.7 Å². The summed E-state index contributed by atoms with van der Waals surface area (Å²) in [5, 5.41) is 3.99. The topological polar surface area (TPSA) is 41.6 Å². The fourth-order valence-electron chi connectivity index (χ4n) is 2.61. The summed E-state index contributed by atoms with van der Waals surface area (Å²) in [5.74, 6) is -0.192. The number of methoxy groups -OCH3 is 1. The summed E-state index contributed by atoms with van der Waals surface area (Å²) in [6, 6.07) is 20.7. The van der Waals surface area contributed by atoms with Gasteiger partial charge in [0.2, 0.25) is 0 Å². The van der Waals surface area contributed by atoms with Crippen molar-refractivity contribution in [3.63, 3.8) is 0 Å². The number of benzene rings is 2. The molecule has 0 fully saturated rings. The van der Waals surface area contributed by atoms with E-state index in [1.165, 1.54) is 18.2 Å². The Kier molecular flexibility index (Phi) is 8.63. The Morgan fingerprint density at radius 2 is 1.65 bits per heavy atom. The summed E-state index contributed by atoms with van der Waals surface area (Å²) in [7, 11) is 1.41. The number of esters is 1. The molecule has 26 heavy (non-hydrogen) atoms. The molecular formula is C21H26N2O2S. The van der Waals surface area contributed by atoms with Crippen molar-refractivity contribution < 1.29 is 9.53 Å². The van der Waals surface area contributed by atoms with Crippen molar-refractivity contribution in [2.45, 2.75) is 25.8 Å². The van der Waals surface area contributed by atoms with E-state index in [4.69, 9.17) is 12.2 Å². The van der Waals surface area contributed by atoms with E-state index in [0.29, 0.717) is 19.4 Å². The van der Waals surface area contributed by atoms with Crippen LogP contribution in [-0.2, 0) is 22.5 Å². The highest BCUT2D eigenvalue weighted by atomic mass is 32.1. The number of thiocarbonyl (C=S) groups is 1. The third-order valence-corrected chi connectivity index (χ3v) is 4.48. The predicted molar refractivity (Wildman–Crippen MR) is 109 cm³/mol. The number of carbonyl (C=O) groups is 1. The average molecular weight is 371 g/mol. The van der Waals surface area contributed by atoms with Gasteiger partial charge in [-0.1, -0.05) is 60.7 Å². The van der Waals surface area contributed by atoms with Crippen LogP contribution in [0.25, 0.3) is 0 Å². The van der Waals surface area contributed by atoms with E-state index in [-0.39, 0.29) is 5.97 Å². The summed E-state index contributed by atoms with van der Waals surface area (Å²) in [4.78, 5) is 13.4. The molecule has 0 heterocycles. The maximum atomic E-state index is 11.2. The van der Waals surface area contributed by atoms with Crippen LogP contribution in [0.4, 0.5) is 0 Å². The van der Waals surface area contributed by atoms with Crippen molar-refractivity contribution in [2.24, 2.45) is 0 Å². The average Bonchev–Trinajstić information content (AvgIpc) is 2.69. The molecule has 0 saturated carbocycles. The third-order valence-electron chi connectivity index (χ3n) is 4.08. The number of nitrogens with one attached hydrogen (secondary N) is 1. The second-order valence-electron chi connectivity index (χ2n) is 6.05. The van der Waals surface area contributed by atoms with Gasteiger partial charge < -0.3 is 15.0 Å². The summed E-state index contributed by atoms with van der Waals surface area (Å²) in [6.45, 7) is 2.25. The van der Waals surface area contributed by atoms with Crippen molar-refractivity contribution in [3.8, 4) is 0 Å². The van der Waals surface area contributed by atoms with E-state index in [0.717, 1.165) is 24.6 Å². The first-order valence-electron chi connectivity index (χ1n) is 8.86. The van der Waals surface area contributed by atoms with E-state index in [1.54, 1.807) is 0 Å². The maximum absolute atomic E-state index is 11.2. The normalized spacial score (nSPS) is 10.2. The minimum absolute atomic E-state index is 0.192. The van der Waals surface area contributed by atoms with Gasteiger partial charge in [0.25, 0.3) is 0 Å². The minimum atomic E-state index is -0.192. The highest BCUT2D eigenvalue weighted by molar-refractivity contribution is 7.80. The molecule has 0 aromatic heterocycles. The molecule has 2 aromatic rings. The standard InChI is InChI=1S/C21H26N2O2S/c1-25-20(24)13-8-15-22-21(26)23(17-19-11-6-3-7-12-19)16-14-18-9-4-2-5-10-18/h2-7,9-12H,8,13-17H2,1H3,(H,22,26). The molecule has 0 aliphatic heterocycles. The lowest BCUT2D eigenvalue weighted by molar-refractivity contribution is -0.140. The lowest BCUT2D eigenvalue weighted by Crippen LogP contribution is -2.40. The lowest BCUT2D eigenvalue weighted by Gasteiger charge is -2.26. The molecule has 1 N–H and O–H groups in total. The first kappa shape index (κ1) is 19.9. The smallest absolute Gasteiger partial charge is 0.305 e. The van der Waals surface area contributed by atoms with Gasteiger partial charge >= 0.3 is 5.97 Å². The fourth-order valence-corrected chi connectivity index (χ4v) is 2.86. The lowest BCUT2D eigenvalue weighted by atomic mass is 10.1. The molecule has 0 bridgehead atoms. The van der Waals surface area contributed by atoms with Crippen molar-refractivity contribution in [1.82, 2.24) is 10.2 Å². The van der Waals surface area contributed by atoms with Crippen molar-refractivity contribution >= 4 is 23.3 Å². The first-order chi connectivity index (χ1) is 12.7. The van der Waals surface area contributed by atoms with E-state index < -0.39 is 0 Å². The number of hydrogen-bond donors (Lipinski definition) is 1. The van der Waals surface area contributed by atoms with Crippen LogP contribution in [0, 0.1) is 0 Å². The number of hydrogen-bond acceptors (Lipinski definition) is 3. The van der Waals surface area contributed by atoms with Crippen LogP contribution >= 0.6 is 12.2 Å². The van der Waals surface area contributed by atoms with Gasteiger partial charge in [-0.25, -0.2) is 0 Å². The SMILES string of the molecule is COC(=O)CCCNC(=S)N(CCc1ccccc1)Cc1ccccc1. The van der Waals surface area contributed by atoms with Gasteiger partial charge in [-0.15, -0.1) is 0 Å². The second kappa shape index (κ2) is 11.3. The zero-order chi connectivity index (χ0) is 18.6. The molecule has 0 spiro atoms. The predicted octanol–water partition coefficient (Wildman–Crippen LogP) is 3.56.